The van der Waals surface area contributed by atoms with E-state index in [4.69, 9.17) is 0 Å². The number of ketones is 1. The lowest BCUT2D eigenvalue weighted by atomic mass is 10.0. The van der Waals surface area contributed by atoms with Crippen molar-refractivity contribution >= 4 is 23.2 Å². The number of hydrogen-bond donors (Lipinski definition) is 0. The van der Waals surface area contributed by atoms with Crippen molar-refractivity contribution in [2.75, 3.05) is 0 Å². The molecule has 0 unspecified atom stereocenters. The molecule has 0 spiro atoms. The molecular weight excluding hydrogens is 444 g/mol. The predicted octanol–water partition coefficient (Wildman–Crippen LogP) is 5.98. The van der Waals surface area contributed by atoms with Gasteiger partial charge in [0, 0.05) is 17.5 Å². The topological polar surface area (TPSA) is 58.7 Å². The zero-order chi connectivity index (χ0) is 23.0. The third-order valence-electron chi connectivity index (χ3n) is 4.15. The smallest absolute Gasteiger partial charge is 0.288 e. The summed E-state index contributed by atoms with van der Waals surface area (Å²) in [6.45, 7) is 0. The molecule has 3 rings (SSSR count). The highest BCUT2D eigenvalue weighted by molar-refractivity contribution is 7.16. The molecule has 3 aromatic rings. The minimum absolute atomic E-state index is 0.180. The number of allylic oxidation sites excluding steroid dienone is 1. The average molecular weight is 455 g/mol. The first kappa shape index (κ1) is 22.3. The van der Waals surface area contributed by atoms with Crippen molar-refractivity contribution in [1.29, 1.82) is 5.26 Å². The maximum absolute atomic E-state index is 12.9. The number of nitriles is 1. The van der Waals surface area contributed by atoms with Crippen LogP contribution in [-0.2, 0) is 19.4 Å². The van der Waals surface area contributed by atoms with E-state index in [9.17, 15) is 36.4 Å². The first-order valence-electron chi connectivity index (χ1n) is 8.45. The van der Waals surface area contributed by atoms with Gasteiger partial charge in [-0.2, -0.15) is 36.7 Å². The zero-order valence-corrected chi connectivity index (χ0v) is 16.4. The average Bonchev–Trinajstić information content (AvgIpc) is 3.31. The molecule has 0 saturated carbocycles. The molecule has 0 aliphatic carbocycles. The van der Waals surface area contributed by atoms with E-state index in [1.165, 1.54) is 25.3 Å². The lowest BCUT2D eigenvalue weighted by molar-refractivity contribution is -0.141. The van der Waals surface area contributed by atoms with Crippen LogP contribution in [-0.4, -0.2) is 15.6 Å². The maximum Gasteiger partial charge on any atom is 0.435 e. The van der Waals surface area contributed by atoms with Crippen LogP contribution in [0.15, 0.2) is 48.0 Å². The minimum Gasteiger partial charge on any atom is -0.288 e. The van der Waals surface area contributed by atoms with Crippen LogP contribution < -0.4 is 0 Å². The van der Waals surface area contributed by atoms with Gasteiger partial charge in [0.15, 0.2) is 5.69 Å². The van der Waals surface area contributed by atoms with Crippen molar-refractivity contribution in [3.8, 4) is 16.6 Å². The van der Waals surface area contributed by atoms with E-state index in [0.29, 0.717) is 15.8 Å². The Morgan fingerprint density at radius 2 is 1.81 bits per heavy atom. The molecule has 0 aliphatic heterocycles. The molecule has 0 amide bonds. The third kappa shape index (κ3) is 4.86. The molecule has 31 heavy (non-hydrogen) atoms. The number of carbonyl (C=O) groups is 1. The van der Waals surface area contributed by atoms with E-state index >= 15 is 0 Å². The summed E-state index contributed by atoms with van der Waals surface area (Å²) >= 11 is 1.000. The van der Waals surface area contributed by atoms with E-state index < -0.39 is 35.0 Å². The van der Waals surface area contributed by atoms with Gasteiger partial charge in [-0.25, -0.2) is 0 Å². The summed E-state index contributed by atoms with van der Waals surface area (Å²) in [4.78, 5) is 13.3. The number of thiophene rings is 1. The van der Waals surface area contributed by atoms with Crippen LogP contribution in [0.5, 0.6) is 0 Å². The molecule has 2 aromatic heterocycles. The van der Waals surface area contributed by atoms with Gasteiger partial charge >= 0.3 is 12.4 Å². The van der Waals surface area contributed by atoms with Gasteiger partial charge in [0.25, 0.3) is 0 Å². The number of carbonyl (C=O) groups excluding carboxylic acids is 1. The molecule has 2 heterocycles. The highest BCUT2D eigenvalue weighted by Crippen LogP contribution is 2.35. The van der Waals surface area contributed by atoms with Crippen LogP contribution in [0.2, 0.25) is 0 Å². The fraction of sp³-hybridized carbons (Fsp3) is 0.150. The van der Waals surface area contributed by atoms with E-state index in [1.807, 2.05) is 0 Å². The second-order valence-electron chi connectivity index (χ2n) is 6.32. The van der Waals surface area contributed by atoms with Gasteiger partial charge in [-0.3, -0.25) is 9.48 Å². The van der Waals surface area contributed by atoms with Gasteiger partial charge in [0.1, 0.15) is 11.6 Å². The first-order valence-corrected chi connectivity index (χ1v) is 9.27. The SMILES string of the molecule is Cn1nc(C(F)(F)F)cc1-c1ccc(/C=C(/C#N)C(=O)c2cccc(C(F)(F)F)c2)s1. The number of halogens is 6. The molecule has 0 radical (unpaired) electrons. The molecule has 0 atom stereocenters. The Labute approximate surface area is 175 Å². The Morgan fingerprint density at radius 3 is 2.39 bits per heavy atom. The van der Waals surface area contributed by atoms with Crippen LogP contribution in [0.25, 0.3) is 16.6 Å². The highest BCUT2D eigenvalue weighted by atomic mass is 32.1. The third-order valence-corrected chi connectivity index (χ3v) is 5.21. The monoisotopic (exact) mass is 455 g/mol. The summed E-state index contributed by atoms with van der Waals surface area (Å²) in [5.74, 6) is -0.900. The van der Waals surface area contributed by atoms with Gasteiger partial charge in [0.05, 0.1) is 16.1 Å². The number of rotatable bonds is 4. The van der Waals surface area contributed by atoms with Crippen molar-refractivity contribution < 1.29 is 31.1 Å². The number of nitrogens with zero attached hydrogens (tertiary/aromatic N) is 3. The normalized spacial score (nSPS) is 12.6. The predicted molar refractivity (Wildman–Crippen MR) is 101 cm³/mol. The van der Waals surface area contributed by atoms with Crippen LogP contribution in [0.4, 0.5) is 26.3 Å². The number of hydrogen-bond acceptors (Lipinski definition) is 4. The Bertz CT molecular complexity index is 1210. The molecule has 1 aromatic carbocycles. The summed E-state index contributed by atoms with van der Waals surface area (Å²) in [6, 6.07) is 9.21. The molecule has 11 heteroatoms. The van der Waals surface area contributed by atoms with Crippen molar-refractivity contribution in [1.82, 2.24) is 9.78 Å². The molecular formula is C20H11F6N3OS. The number of aryl methyl sites for hydroxylation is 1. The van der Waals surface area contributed by atoms with Crippen LogP contribution in [0, 0.1) is 11.3 Å². The first-order chi connectivity index (χ1) is 14.4. The van der Waals surface area contributed by atoms with Crippen LogP contribution >= 0.6 is 11.3 Å². The van der Waals surface area contributed by atoms with Crippen LogP contribution in [0.3, 0.4) is 0 Å². The lowest BCUT2D eigenvalue weighted by Gasteiger charge is -2.07. The Hall–Kier alpha value is -3.39. The summed E-state index contributed by atoms with van der Waals surface area (Å²) in [5.41, 5.74) is -2.62. The van der Waals surface area contributed by atoms with Crippen molar-refractivity contribution in [2.45, 2.75) is 12.4 Å². The van der Waals surface area contributed by atoms with Crippen molar-refractivity contribution in [3.63, 3.8) is 0 Å². The largest absolute Gasteiger partial charge is 0.435 e. The summed E-state index contributed by atoms with van der Waals surface area (Å²) in [7, 11) is 1.34. The molecule has 0 saturated heterocycles. The molecule has 0 aliphatic rings. The number of benzene rings is 1. The second kappa shape index (κ2) is 8.03. The number of aromatic nitrogens is 2. The van der Waals surface area contributed by atoms with E-state index in [1.54, 1.807) is 6.07 Å². The number of alkyl halides is 6. The van der Waals surface area contributed by atoms with Crippen molar-refractivity contribution in [3.05, 3.63) is 69.7 Å². The molecule has 0 N–H and O–H groups in total. The fourth-order valence-corrected chi connectivity index (χ4v) is 3.69. The van der Waals surface area contributed by atoms with Gasteiger partial charge in [-0.15, -0.1) is 11.3 Å². The zero-order valence-electron chi connectivity index (χ0n) is 15.5. The van der Waals surface area contributed by atoms with E-state index in [0.717, 1.165) is 40.3 Å². The molecule has 0 fully saturated rings. The van der Waals surface area contributed by atoms with E-state index in [-0.39, 0.29) is 11.3 Å². The van der Waals surface area contributed by atoms with E-state index in [2.05, 4.69) is 5.10 Å². The number of Topliss-reactive ketones (excluding diaryl/α,β-unsaturated/α-hetero) is 1. The molecule has 160 valence electrons. The minimum atomic E-state index is -4.65. The maximum atomic E-state index is 12.9. The quantitative estimate of drug-likeness (QED) is 0.211. The highest BCUT2D eigenvalue weighted by Gasteiger charge is 2.35. The fourth-order valence-electron chi connectivity index (χ4n) is 2.69. The molecule has 4 nitrogen and oxygen atoms in total. The van der Waals surface area contributed by atoms with Crippen LogP contribution in [0.1, 0.15) is 26.5 Å². The Balaban J connectivity index is 1.92. The summed E-state index contributed by atoms with van der Waals surface area (Å²) in [6.07, 6.45) is -8.08. The van der Waals surface area contributed by atoms with Gasteiger partial charge in [-0.1, -0.05) is 12.1 Å². The standard InChI is InChI=1S/C20H11F6N3OS/c1-29-15(9-17(28-29)20(24,25)26)16-6-5-14(31-16)8-12(10-27)18(30)11-3-2-4-13(7-11)19(21,22)23/h2-9H,1H3/b12-8-. The Kier molecular flexibility index (Phi) is 5.78. The van der Waals surface area contributed by atoms with Crippen molar-refractivity contribution in [2.24, 2.45) is 7.05 Å². The second-order valence-corrected chi connectivity index (χ2v) is 7.43. The lowest BCUT2D eigenvalue weighted by Crippen LogP contribution is -2.08. The Morgan fingerprint density at radius 1 is 1.10 bits per heavy atom. The summed E-state index contributed by atoms with van der Waals surface area (Å²) in [5, 5.41) is 12.7. The van der Waals surface area contributed by atoms with Gasteiger partial charge in [0.2, 0.25) is 5.78 Å². The van der Waals surface area contributed by atoms with Gasteiger partial charge < -0.3 is 0 Å². The summed E-state index contributed by atoms with van der Waals surface area (Å²) < 4.78 is 78.2. The molecule has 0 bridgehead atoms. The van der Waals surface area contributed by atoms with Gasteiger partial charge in [-0.05, 0) is 36.4 Å².